The van der Waals surface area contributed by atoms with Gasteiger partial charge in [-0.1, -0.05) is 6.92 Å². The highest BCUT2D eigenvalue weighted by molar-refractivity contribution is 7.91. The van der Waals surface area contributed by atoms with Crippen molar-refractivity contribution in [1.29, 1.82) is 0 Å². The van der Waals surface area contributed by atoms with Crippen LogP contribution in [0.25, 0.3) is 0 Å². The Morgan fingerprint density at radius 2 is 1.90 bits per heavy atom. The first kappa shape index (κ1) is 9.91. The first-order chi connectivity index (χ1) is 4.62. The largest absolute Gasteiger partial charge is 0.330 e. The van der Waals surface area contributed by atoms with Gasteiger partial charge in [-0.25, -0.2) is 8.42 Å². The highest BCUT2D eigenvalue weighted by Crippen LogP contribution is 1.94. The number of hydrogen-bond donors (Lipinski definition) is 1. The van der Waals surface area contributed by atoms with Crippen LogP contribution in [-0.4, -0.2) is 26.5 Å². The van der Waals surface area contributed by atoms with Gasteiger partial charge in [0.1, 0.15) is 9.84 Å². The van der Waals surface area contributed by atoms with Gasteiger partial charge in [0.15, 0.2) is 0 Å². The molecule has 0 spiro atoms. The Hall–Kier alpha value is -0.0900. The molecule has 2 N–H and O–H groups in total. The third-order valence-corrected chi connectivity index (χ3v) is 3.12. The lowest BCUT2D eigenvalue weighted by molar-refractivity contribution is 0.592. The molecule has 0 aliphatic rings. The molecule has 0 aliphatic carbocycles. The Balaban J connectivity index is 3.65. The fraction of sp³-hybridized carbons (Fsp3) is 1.00. The highest BCUT2D eigenvalue weighted by Gasteiger charge is 2.06. The van der Waals surface area contributed by atoms with E-state index in [1.807, 2.05) is 6.92 Å². The minimum absolute atomic E-state index is 0.247. The minimum Gasteiger partial charge on any atom is -0.330 e. The molecule has 0 fully saturated rings. The van der Waals surface area contributed by atoms with Gasteiger partial charge in [0, 0.05) is 5.75 Å². The Labute approximate surface area is 62.5 Å². The van der Waals surface area contributed by atoms with E-state index in [4.69, 9.17) is 5.73 Å². The van der Waals surface area contributed by atoms with Crippen molar-refractivity contribution in [1.82, 2.24) is 0 Å². The molecule has 0 rings (SSSR count). The van der Waals surface area contributed by atoms with E-state index in [0.717, 1.165) is 0 Å². The Bertz CT molecular complexity index is 163. The molecule has 10 heavy (non-hydrogen) atoms. The standard InChI is InChI=1S/C6H15NO2S/c1-2-5-10(8,9)6-3-4-7/h2-7H2,1H3. The summed E-state index contributed by atoms with van der Waals surface area (Å²) in [6.45, 7) is 2.32. The fourth-order valence-electron chi connectivity index (χ4n) is 0.716. The van der Waals surface area contributed by atoms with E-state index in [2.05, 4.69) is 0 Å². The average Bonchev–Trinajstić information content (AvgIpc) is 1.84. The summed E-state index contributed by atoms with van der Waals surface area (Å²) in [6, 6.07) is 0. The van der Waals surface area contributed by atoms with Crippen LogP contribution < -0.4 is 5.73 Å². The molecule has 0 unspecified atom stereocenters. The van der Waals surface area contributed by atoms with Crippen LogP contribution in [0.15, 0.2) is 0 Å². The monoisotopic (exact) mass is 165 g/mol. The molecule has 0 aromatic rings. The zero-order valence-electron chi connectivity index (χ0n) is 6.34. The van der Waals surface area contributed by atoms with Crippen LogP contribution in [-0.2, 0) is 9.84 Å². The SMILES string of the molecule is CCCS(=O)(=O)CCCN. The third kappa shape index (κ3) is 4.76. The van der Waals surface area contributed by atoms with Crippen molar-refractivity contribution >= 4 is 9.84 Å². The quantitative estimate of drug-likeness (QED) is 0.631. The predicted octanol–water partition coefficient (Wildman–Crippen LogP) is 0.160. The van der Waals surface area contributed by atoms with Crippen molar-refractivity contribution in [3.05, 3.63) is 0 Å². The minimum atomic E-state index is -2.77. The molecule has 0 bridgehead atoms. The fourth-order valence-corrected chi connectivity index (χ4v) is 2.15. The molecule has 62 valence electrons. The summed E-state index contributed by atoms with van der Waals surface area (Å²) in [5, 5.41) is 0. The second-order valence-electron chi connectivity index (χ2n) is 2.29. The zero-order valence-corrected chi connectivity index (χ0v) is 7.15. The zero-order chi connectivity index (χ0) is 8.04. The van der Waals surface area contributed by atoms with E-state index >= 15 is 0 Å². The van der Waals surface area contributed by atoms with E-state index in [1.54, 1.807) is 0 Å². The lowest BCUT2D eigenvalue weighted by Crippen LogP contribution is -2.13. The van der Waals surface area contributed by atoms with Crippen molar-refractivity contribution < 1.29 is 8.42 Å². The Morgan fingerprint density at radius 1 is 1.30 bits per heavy atom. The van der Waals surface area contributed by atoms with E-state index in [-0.39, 0.29) is 5.75 Å². The maximum absolute atomic E-state index is 10.9. The van der Waals surface area contributed by atoms with Gasteiger partial charge in [-0.15, -0.1) is 0 Å². The maximum Gasteiger partial charge on any atom is 0.150 e. The van der Waals surface area contributed by atoms with Crippen molar-refractivity contribution in [3.63, 3.8) is 0 Å². The highest BCUT2D eigenvalue weighted by atomic mass is 32.2. The summed E-state index contributed by atoms with van der Waals surface area (Å²) in [6.07, 6.45) is 1.29. The second kappa shape index (κ2) is 4.68. The smallest absolute Gasteiger partial charge is 0.150 e. The first-order valence-corrected chi connectivity index (χ1v) is 5.35. The number of rotatable bonds is 5. The molecule has 0 atom stereocenters. The van der Waals surface area contributed by atoms with E-state index in [9.17, 15) is 8.42 Å². The number of nitrogens with two attached hydrogens (primary N) is 1. The molecule has 0 aliphatic heterocycles. The molecule has 4 heteroatoms. The summed E-state index contributed by atoms with van der Waals surface area (Å²) in [7, 11) is -2.77. The van der Waals surface area contributed by atoms with E-state index in [0.29, 0.717) is 25.1 Å². The van der Waals surface area contributed by atoms with Crippen LogP contribution in [0.5, 0.6) is 0 Å². The van der Waals surface area contributed by atoms with E-state index in [1.165, 1.54) is 0 Å². The molecule has 0 aromatic heterocycles. The third-order valence-electron chi connectivity index (χ3n) is 1.17. The van der Waals surface area contributed by atoms with Gasteiger partial charge in [-0.05, 0) is 19.4 Å². The molecular formula is C6H15NO2S. The average molecular weight is 165 g/mol. The van der Waals surface area contributed by atoms with Gasteiger partial charge in [0.2, 0.25) is 0 Å². The molecule has 0 amide bonds. The van der Waals surface area contributed by atoms with Gasteiger partial charge in [0.05, 0.1) is 5.75 Å². The van der Waals surface area contributed by atoms with Crippen LogP contribution in [0.4, 0.5) is 0 Å². The lowest BCUT2D eigenvalue weighted by Gasteiger charge is -1.98. The summed E-state index contributed by atoms with van der Waals surface area (Å²) in [4.78, 5) is 0. The van der Waals surface area contributed by atoms with Crippen LogP contribution >= 0.6 is 0 Å². The van der Waals surface area contributed by atoms with Crippen molar-refractivity contribution in [3.8, 4) is 0 Å². The summed E-state index contributed by atoms with van der Waals surface area (Å²) in [5.41, 5.74) is 5.17. The Morgan fingerprint density at radius 3 is 2.30 bits per heavy atom. The summed E-state index contributed by atoms with van der Waals surface area (Å²) < 4.78 is 21.9. The van der Waals surface area contributed by atoms with Crippen LogP contribution in [0.3, 0.4) is 0 Å². The van der Waals surface area contributed by atoms with Crippen molar-refractivity contribution in [2.24, 2.45) is 5.73 Å². The molecule has 0 heterocycles. The molecule has 0 aromatic carbocycles. The summed E-state index contributed by atoms with van der Waals surface area (Å²) in [5.74, 6) is 0.546. The number of hydrogen-bond acceptors (Lipinski definition) is 3. The lowest BCUT2D eigenvalue weighted by atomic mass is 10.5. The van der Waals surface area contributed by atoms with Gasteiger partial charge >= 0.3 is 0 Å². The Kier molecular flexibility index (Phi) is 4.64. The van der Waals surface area contributed by atoms with Crippen molar-refractivity contribution in [2.45, 2.75) is 19.8 Å². The molecule has 0 saturated heterocycles. The predicted molar refractivity (Wildman–Crippen MR) is 42.6 cm³/mol. The van der Waals surface area contributed by atoms with Crippen molar-refractivity contribution in [2.75, 3.05) is 18.1 Å². The second-order valence-corrected chi connectivity index (χ2v) is 4.60. The molecule has 0 radical (unpaired) electrons. The first-order valence-electron chi connectivity index (χ1n) is 3.53. The van der Waals surface area contributed by atoms with Crippen LogP contribution in [0.2, 0.25) is 0 Å². The topological polar surface area (TPSA) is 60.2 Å². The summed E-state index contributed by atoms with van der Waals surface area (Å²) >= 11 is 0. The van der Waals surface area contributed by atoms with Gasteiger partial charge in [0.25, 0.3) is 0 Å². The molecule has 0 saturated carbocycles. The van der Waals surface area contributed by atoms with E-state index < -0.39 is 9.84 Å². The molecular weight excluding hydrogens is 150 g/mol. The van der Waals surface area contributed by atoms with Crippen LogP contribution in [0, 0.1) is 0 Å². The number of sulfone groups is 1. The van der Waals surface area contributed by atoms with Crippen LogP contribution in [0.1, 0.15) is 19.8 Å². The van der Waals surface area contributed by atoms with Gasteiger partial charge in [-0.3, -0.25) is 0 Å². The maximum atomic E-state index is 10.9. The normalized spacial score (nSPS) is 11.8. The molecule has 3 nitrogen and oxygen atoms in total. The van der Waals surface area contributed by atoms with Gasteiger partial charge < -0.3 is 5.73 Å². The van der Waals surface area contributed by atoms with Gasteiger partial charge in [-0.2, -0.15) is 0 Å².